The molecule has 0 saturated heterocycles. The predicted molar refractivity (Wildman–Crippen MR) is 153 cm³/mol. The van der Waals surface area contributed by atoms with Crippen LogP contribution in [0.5, 0.6) is 0 Å². The molecule has 0 aliphatic rings. The number of hydrogen-bond donors (Lipinski definition) is 1. The Balaban J connectivity index is 2.08. The van der Waals surface area contributed by atoms with Crippen molar-refractivity contribution in [1.29, 1.82) is 0 Å². The normalized spacial score (nSPS) is 12.3. The number of sulfonamides is 1. The predicted octanol–water partition coefficient (Wildman–Crippen LogP) is 4.43. The number of amides is 2. The highest BCUT2D eigenvalue weighted by Crippen LogP contribution is 2.27. The van der Waals surface area contributed by atoms with Crippen LogP contribution in [0, 0.1) is 17.0 Å². The topological polar surface area (TPSA) is 130 Å². The number of nitrogens with one attached hydrogen (secondary N) is 1. The van der Waals surface area contributed by atoms with Crippen molar-refractivity contribution in [1.82, 2.24) is 10.2 Å². The monoisotopic (exact) mass is 566 g/mol. The highest BCUT2D eigenvalue weighted by molar-refractivity contribution is 7.92. The van der Waals surface area contributed by atoms with Gasteiger partial charge in [-0.15, -0.1) is 0 Å². The van der Waals surface area contributed by atoms with Crippen molar-refractivity contribution in [2.75, 3.05) is 10.8 Å². The molecule has 1 N–H and O–H groups in total. The molecular weight excluding hydrogens is 532 g/mol. The van der Waals surface area contributed by atoms with Crippen molar-refractivity contribution in [3.8, 4) is 0 Å². The van der Waals surface area contributed by atoms with Gasteiger partial charge in [-0.25, -0.2) is 8.42 Å². The van der Waals surface area contributed by atoms with Crippen LogP contribution < -0.4 is 9.62 Å². The van der Waals surface area contributed by atoms with Crippen LogP contribution in [0.4, 0.5) is 11.4 Å². The van der Waals surface area contributed by atoms with Crippen molar-refractivity contribution >= 4 is 33.2 Å². The molecule has 3 rings (SSSR count). The number of aryl methyl sites for hydroxylation is 1. The summed E-state index contributed by atoms with van der Waals surface area (Å²) in [6.07, 6.45) is 0. The highest BCUT2D eigenvalue weighted by atomic mass is 32.2. The van der Waals surface area contributed by atoms with Crippen LogP contribution in [0.25, 0.3) is 0 Å². The van der Waals surface area contributed by atoms with E-state index in [1.165, 1.54) is 35.2 Å². The molecule has 11 heteroatoms. The van der Waals surface area contributed by atoms with E-state index in [0.717, 1.165) is 21.5 Å². The Bertz CT molecular complexity index is 1490. The van der Waals surface area contributed by atoms with Gasteiger partial charge in [0, 0.05) is 24.2 Å². The molecule has 1 atom stereocenters. The minimum atomic E-state index is -4.32. The number of non-ortho nitro benzene ring substituents is 1. The summed E-state index contributed by atoms with van der Waals surface area (Å²) in [7, 11) is -4.32. The van der Waals surface area contributed by atoms with Crippen molar-refractivity contribution in [2.24, 2.45) is 0 Å². The molecule has 10 nitrogen and oxygen atoms in total. The first-order chi connectivity index (χ1) is 18.7. The number of anilines is 1. The third-order valence-electron chi connectivity index (χ3n) is 6.21. The zero-order chi connectivity index (χ0) is 29.7. The molecule has 0 aromatic heterocycles. The summed E-state index contributed by atoms with van der Waals surface area (Å²) in [6, 6.07) is 19.1. The van der Waals surface area contributed by atoms with E-state index in [9.17, 15) is 28.1 Å². The largest absolute Gasteiger partial charge is 0.350 e. The van der Waals surface area contributed by atoms with E-state index in [4.69, 9.17) is 0 Å². The summed E-state index contributed by atoms with van der Waals surface area (Å²) in [5.74, 6) is -1.05. The molecule has 1 unspecified atom stereocenters. The molecule has 40 heavy (non-hydrogen) atoms. The van der Waals surface area contributed by atoms with Gasteiger partial charge < -0.3 is 10.2 Å². The van der Waals surface area contributed by atoms with Crippen molar-refractivity contribution < 1.29 is 22.9 Å². The average Bonchev–Trinajstić information content (AvgIpc) is 2.90. The van der Waals surface area contributed by atoms with Gasteiger partial charge in [0.05, 0.1) is 15.5 Å². The summed E-state index contributed by atoms with van der Waals surface area (Å²) in [4.78, 5) is 39.2. The Morgan fingerprint density at radius 3 is 2.20 bits per heavy atom. The maximum atomic E-state index is 14.0. The number of nitrogens with zero attached hydrogens (tertiary/aromatic N) is 3. The van der Waals surface area contributed by atoms with Crippen LogP contribution >= 0.6 is 0 Å². The fourth-order valence-electron chi connectivity index (χ4n) is 4.04. The summed E-state index contributed by atoms with van der Waals surface area (Å²) in [5.41, 5.74) is 0.756. The van der Waals surface area contributed by atoms with E-state index in [2.05, 4.69) is 5.32 Å². The molecule has 2 amide bonds. The van der Waals surface area contributed by atoms with Crippen molar-refractivity contribution in [3.05, 3.63) is 100 Å². The second-order valence-electron chi connectivity index (χ2n) is 10.5. The standard InChI is InChI=1S/C29H34N4O6S/c1-21-12-9-10-13-23(21)19-31(22(2)28(35)30-29(3,4)5)27(34)20-32(24-14-11-15-25(18-24)33(36)37)40(38,39)26-16-7-6-8-17-26/h6-18,22H,19-20H2,1-5H3,(H,30,35). The smallest absolute Gasteiger partial charge is 0.271 e. The zero-order valence-corrected chi connectivity index (χ0v) is 24.0. The van der Waals surface area contributed by atoms with Gasteiger partial charge in [0.15, 0.2) is 0 Å². The summed E-state index contributed by atoms with van der Waals surface area (Å²) in [5, 5.41) is 14.3. The van der Waals surface area contributed by atoms with Gasteiger partial charge in [0.25, 0.3) is 15.7 Å². The number of nitro benzene ring substituents is 1. The lowest BCUT2D eigenvalue weighted by Gasteiger charge is -2.33. The lowest BCUT2D eigenvalue weighted by molar-refractivity contribution is -0.384. The van der Waals surface area contributed by atoms with Crippen LogP contribution in [0.15, 0.2) is 83.8 Å². The lowest BCUT2D eigenvalue weighted by Crippen LogP contribution is -2.54. The van der Waals surface area contributed by atoms with E-state index in [0.29, 0.717) is 0 Å². The number of hydrogen-bond acceptors (Lipinski definition) is 6. The number of rotatable bonds is 10. The molecule has 3 aromatic rings. The van der Waals surface area contributed by atoms with Crippen molar-refractivity contribution in [2.45, 2.75) is 57.6 Å². The van der Waals surface area contributed by atoms with Crippen LogP contribution in [0.1, 0.15) is 38.8 Å². The first kappa shape index (κ1) is 30.3. The number of benzene rings is 3. The average molecular weight is 567 g/mol. The molecule has 0 spiro atoms. The Morgan fingerprint density at radius 2 is 1.60 bits per heavy atom. The quantitative estimate of drug-likeness (QED) is 0.285. The molecule has 0 fully saturated rings. The van der Waals surface area contributed by atoms with E-state index >= 15 is 0 Å². The van der Waals surface area contributed by atoms with E-state index in [1.807, 2.05) is 52.0 Å². The number of carbonyl (C=O) groups excluding carboxylic acids is 2. The molecule has 0 radical (unpaired) electrons. The van der Waals surface area contributed by atoms with Gasteiger partial charge in [-0.05, 0) is 63.9 Å². The molecular formula is C29H34N4O6S. The first-order valence-electron chi connectivity index (χ1n) is 12.7. The van der Waals surface area contributed by atoms with Crippen LogP contribution in [0.3, 0.4) is 0 Å². The second kappa shape index (κ2) is 12.3. The van der Waals surface area contributed by atoms with Crippen LogP contribution in [0.2, 0.25) is 0 Å². The van der Waals surface area contributed by atoms with Gasteiger partial charge in [-0.2, -0.15) is 0 Å². The molecule has 3 aromatic carbocycles. The van der Waals surface area contributed by atoms with Gasteiger partial charge in [-0.1, -0.05) is 48.5 Å². The Labute approximate surface area is 234 Å². The maximum absolute atomic E-state index is 14.0. The van der Waals surface area contributed by atoms with Crippen molar-refractivity contribution in [3.63, 3.8) is 0 Å². The Kier molecular flexibility index (Phi) is 9.31. The first-order valence-corrected chi connectivity index (χ1v) is 14.1. The van der Waals surface area contributed by atoms with Gasteiger partial charge >= 0.3 is 0 Å². The SMILES string of the molecule is Cc1ccccc1CN(C(=O)CN(c1cccc([N+](=O)[O-])c1)S(=O)(=O)c1ccccc1)C(C)C(=O)NC(C)(C)C. The molecule has 0 saturated carbocycles. The fourth-order valence-corrected chi connectivity index (χ4v) is 5.46. The lowest BCUT2D eigenvalue weighted by atomic mass is 10.1. The molecule has 0 aliphatic heterocycles. The van der Waals surface area contributed by atoms with Gasteiger partial charge in [-0.3, -0.25) is 24.0 Å². The number of nitro groups is 1. The minimum Gasteiger partial charge on any atom is -0.350 e. The third kappa shape index (κ3) is 7.44. The minimum absolute atomic E-state index is 0.0472. The summed E-state index contributed by atoms with van der Waals surface area (Å²) < 4.78 is 28.4. The summed E-state index contributed by atoms with van der Waals surface area (Å²) >= 11 is 0. The maximum Gasteiger partial charge on any atom is 0.271 e. The third-order valence-corrected chi connectivity index (χ3v) is 7.99. The highest BCUT2D eigenvalue weighted by Gasteiger charge is 2.34. The Hall–Kier alpha value is -4.25. The van der Waals surface area contributed by atoms with E-state index < -0.39 is 44.9 Å². The zero-order valence-electron chi connectivity index (χ0n) is 23.2. The van der Waals surface area contributed by atoms with Gasteiger partial charge in [0.1, 0.15) is 12.6 Å². The Morgan fingerprint density at radius 1 is 0.975 bits per heavy atom. The number of carbonyl (C=O) groups is 2. The van der Waals surface area contributed by atoms with Crippen LogP contribution in [-0.4, -0.2) is 48.2 Å². The molecule has 0 bridgehead atoms. The molecule has 0 heterocycles. The molecule has 212 valence electrons. The van der Waals surface area contributed by atoms with E-state index in [-0.39, 0.29) is 22.8 Å². The molecule has 0 aliphatic carbocycles. The van der Waals surface area contributed by atoms with Crippen LogP contribution in [-0.2, 0) is 26.2 Å². The fraction of sp³-hybridized carbons (Fsp3) is 0.310. The summed E-state index contributed by atoms with van der Waals surface area (Å²) in [6.45, 7) is 8.30. The second-order valence-corrected chi connectivity index (χ2v) is 12.3. The van der Waals surface area contributed by atoms with Gasteiger partial charge in [0.2, 0.25) is 11.8 Å². The van der Waals surface area contributed by atoms with E-state index in [1.54, 1.807) is 25.1 Å².